The fourth-order valence-electron chi connectivity index (χ4n) is 2.66. The molecule has 1 heterocycles. The van der Waals surface area contributed by atoms with Crippen molar-refractivity contribution in [2.24, 2.45) is 11.7 Å². The van der Waals surface area contributed by atoms with Gasteiger partial charge in [-0.15, -0.1) is 0 Å². The van der Waals surface area contributed by atoms with Crippen molar-refractivity contribution in [3.05, 3.63) is 29.8 Å². The van der Waals surface area contributed by atoms with E-state index in [4.69, 9.17) is 18.0 Å². The predicted molar refractivity (Wildman–Crippen MR) is 84.1 cm³/mol. The van der Waals surface area contributed by atoms with Gasteiger partial charge in [0.1, 0.15) is 4.99 Å². The summed E-state index contributed by atoms with van der Waals surface area (Å²) in [5.41, 5.74) is 6.08. The third-order valence-corrected chi connectivity index (χ3v) is 6.32. The molecule has 2 unspecified atom stereocenters. The van der Waals surface area contributed by atoms with Crippen LogP contribution in [0.15, 0.2) is 29.2 Å². The van der Waals surface area contributed by atoms with Crippen LogP contribution >= 0.6 is 12.2 Å². The maximum absolute atomic E-state index is 12.9. The first-order chi connectivity index (χ1) is 9.35. The first-order valence-electron chi connectivity index (χ1n) is 6.76. The molecule has 0 aromatic heterocycles. The molecule has 20 heavy (non-hydrogen) atoms. The van der Waals surface area contributed by atoms with Crippen molar-refractivity contribution < 1.29 is 8.42 Å². The van der Waals surface area contributed by atoms with Crippen LogP contribution in [0.4, 0.5) is 0 Å². The topological polar surface area (TPSA) is 63.4 Å². The number of thiocarbonyl (C=S) groups is 1. The van der Waals surface area contributed by atoms with E-state index in [1.54, 1.807) is 28.6 Å². The van der Waals surface area contributed by atoms with Crippen LogP contribution in [-0.4, -0.2) is 30.3 Å². The number of sulfonamides is 1. The van der Waals surface area contributed by atoms with Crippen LogP contribution in [0.1, 0.15) is 32.3 Å². The van der Waals surface area contributed by atoms with E-state index in [0.29, 0.717) is 18.0 Å². The Kier molecular flexibility index (Phi) is 4.46. The van der Waals surface area contributed by atoms with Gasteiger partial charge in [0, 0.05) is 18.2 Å². The van der Waals surface area contributed by atoms with E-state index >= 15 is 0 Å². The van der Waals surface area contributed by atoms with Crippen molar-refractivity contribution in [2.45, 2.75) is 37.6 Å². The van der Waals surface area contributed by atoms with Gasteiger partial charge >= 0.3 is 0 Å². The third-order valence-electron chi connectivity index (χ3n) is 4.05. The molecule has 2 rings (SSSR count). The maximum atomic E-state index is 12.9. The van der Waals surface area contributed by atoms with Gasteiger partial charge < -0.3 is 5.73 Å². The Hall–Kier alpha value is -0.980. The van der Waals surface area contributed by atoms with E-state index < -0.39 is 10.0 Å². The minimum atomic E-state index is -3.55. The lowest BCUT2D eigenvalue weighted by Gasteiger charge is -2.37. The molecule has 110 valence electrons. The monoisotopic (exact) mass is 312 g/mol. The molecule has 4 nitrogen and oxygen atoms in total. The summed E-state index contributed by atoms with van der Waals surface area (Å²) < 4.78 is 27.3. The number of hydrogen-bond donors (Lipinski definition) is 1. The van der Waals surface area contributed by atoms with Gasteiger partial charge in [-0.3, -0.25) is 0 Å². The largest absolute Gasteiger partial charge is 0.389 e. The minimum Gasteiger partial charge on any atom is -0.389 e. The molecule has 0 aliphatic carbocycles. The van der Waals surface area contributed by atoms with Gasteiger partial charge in [0.05, 0.1) is 4.90 Å². The highest BCUT2D eigenvalue weighted by Crippen LogP contribution is 2.30. The Morgan fingerprint density at radius 1 is 1.35 bits per heavy atom. The van der Waals surface area contributed by atoms with Crippen molar-refractivity contribution in [1.82, 2.24) is 4.31 Å². The average Bonchev–Trinajstić information content (AvgIpc) is 2.41. The summed E-state index contributed by atoms with van der Waals surface area (Å²) in [5, 5.41) is 0. The van der Waals surface area contributed by atoms with E-state index in [0.717, 1.165) is 12.8 Å². The van der Waals surface area contributed by atoms with E-state index in [-0.39, 0.29) is 15.9 Å². The van der Waals surface area contributed by atoms with Crippen molar-refractivity contribution in [2.75, 3.05) is 6.54 Å². The molecule has 1 aromatic carbocycles. The van der Waals surface area contributed by atoms with Gasteiger partial charge in [-0.05, 0) is 31.7 Å². The van der Waals surface area contributed by atoms with Crippen molar-refractivity contribution in [1.29, 1.82) is 0 Å². The van der Waals surface area contributed by atoms with Crippen LogP contribution in [0.25, 0.3) is 0 Å². The molecule has 1 aromatic rings. The molecule has 1 aliphatic heterocycles. The SMILES string of the molecule is CC1CCCN(S(=O)(=O)c2ccccc2C(N)=S)C1C. The smallest absolute Gasteiger partial charge is 0.244 e. The number of benzene rings is 1. The Labute approximate surface area is 126 Å². The fourth-order valence-corrected chi connectivity index (χ4v) is 4.88. The zero-order valence-electron chi connectivity index (χ0n) is 11.7. The molecule has 0 amide bonds. The lowest BCUT2D eigenvalue weighted by Crippen LogP contribution is -2.46. The lowest BCUT2D eigenvalue weighted by atomic mass is 9.94. The summed E-state index contributed by atoms with van der Waals surface area (Å²) in [4.78, 5) is 0.329. The summed E-state index contributed by atoms with van der Waals surface area (Å²) in [6.45, 7) is 4.61. The van der Waals surface area contributed by atoms with E-state index in [1.807, 2.05) is 6.92 Å². The summed E-state index contributed by atoms with van der Waals surface area (Å²) in [5.74, 6) is 0.357. The van der Waals surface area contributed by atoms with E-state index in [1.165, 1.54) is 0 Å². The minimum absolute atomic E-state index is 0.00634. The standard InChI is InChI=1S/C14H20N2O2S2/c1-10-6-5-9-16(11(10)2)20(17,18)13-8-4-3-7-12(13)14(15)19/h3-4,7-8,10-11H,5-6,9H2,1-2H3,(H2,15,19). The second kappa shape index (κ2) is 5.79. The highest BCUT2D eigenvalue weighted by Gasteiger charge is 2.35. The van der Waals surface area contributed by atoms with Gasteiger partial charge in [0.25, 0.3) is 0 Å². The quantitative estimate of drug-likeness (QED) is 0.869. The maximum Gasteiger partial charge on any atom is 0.244 e. The number of piperidine rings is 1. The number of nitrogens with two attached hydrogens (primary N) is 1. The molecule has 0 spiro atoms. The zero-order chi connectivity index (χ0) is 14.9. The molecular formula is C14H20N2O2S2. The number of rotatable bonds is 3. The van der Waals surface area contributed by atoms with Crippen LogP contribution in [0.3, 0.4) is 0 Å². The molecule has 1 aliphatic rings. The molecule has 2 N–H and O–H groups in total. The molecule has 1 saturated heterocycles. The summed E-state index contributed by atoms with van der Waals surface area (Å²) in [7, 11) is -3.55. The molecule has 0 saturated carbocycles. The molecule has 2 atom stereocenters. The van der Waals surface area contributed by atoms with E-state index in [9.17, 15) is 8.42 Å². The molecule has 1 fully saturated rings. The second-order valence-corrected chi connectivity index (χ2v) is 7.64. The lowest BCUT2D eigenvalue weighted by molar-refractivity contribution is 0.202. The van der Waals surface area contributed by atoms with Crippen molar-refractivity contribution in [3.8, 4) is 0 Å². The second-order valence-electron chi connectivity index (χ2n) is 5.34. The van der Waals surface area contributed by atoms with Gasteiger partial charge in [0.15, 0.2) is 0 Å². The van der Waals surface area contributed by atoms with E-state index in [2.05, 4.69) is 6.92 Å². The summed E-state index contributed by atoms with van der Waals surface area (Å²) in [6, 6.07) is 6.68. The van der Waals surface area contributed by atoms with Crippen LogP contribution in [0.5, 0.6) is 0 Å². The Bertz CT molecular complexity index is 613. The van der Waals surface area contributed by atoms with Crippen molar-refractivity contribution >= 4 is 27.2 Å². The Morgan fingerprint density at radius 3 is 2.65 bits per heavy atom. The first-order valence-corrected chi connectivity index (χ1v) is 8.61. The van der Waals surface area contributed by atoms with Gasteiger partial charge in [-0.25, -0.2) is 8.42 Å². The zero-order valence-corrected chi connectivity index (χ0v) is 13.4. The Morgan fingerprint density at radius 2 is 2.00 bits per heavy atom. The molecule has 0 bridgehead atoms. The highest BCUT2D eigenvalue weighted by molar-refractivity contribution is 7.89. The normalized spacial score (nSPS) is 24.5. The van der Waals surface area contributed by atoms with Crippen LogP contribution in [0, 0.1) is 5.92 Å². The fraction of sp³-hybridized carbons (Fsp3) is 0.500. The molecular weight excluding hydrogens is 292 g/mol. The summed E-state index contributed by atoms with van der Waals surface area (Å²) in [6.07, 6.45) is 1.95. The van der Waals surface area contributed by atoms with Crippen LogP contribution < -0.4 is 5.73 Å². The third kappa shape index (κ3) is 2.73. The predicted octanol–water partition coefficient (Wildman–Crippen LogP) is 2.13. The first kappa shape index (κ1) is 15.4. The van der Waals surface area contributed by atoms with Gasteiger partial charge in [-0.2, -0.15) is 4.31 Å². The van der Waals surface area contributed by atoms with Gasteiger partial charge in [0.2, 0.25) is 10.0 Å². The summed E-state index contributed by atoms with van der Waals surface area (Å²) >= 11 is 4.97. The van der Waals surface area contributed by atoms with Crippen LogP contribution in [-0.2, 0) is 10.0 Å². The molecule has 6 heteroatoms. The average molecular weight is 312 g/mol. The Balaban J connectivity index is 2.48. The van der Waals surface area contributed by atoms with Crippen LogP contribution in [0.2, 0.25) is 0 Å². The number of nitrogens with zero attached hydrogens (tertiary/aromatic N) is 1. The van der Waals surface area contributed by atoms with Crippen molar-refractivity contribution in [3.63, 3.8) is 0 Å². The van der Waals surface area contributed by atoms with Gasteiger partial charge in [-0.1, -0.05) is 37.3 Å². The molecule has 0 radical (unpaired) electrons. The number of hydrogen-bond acceptors (Lipinski definition) is 3. The highest BCUT2D eigenvalue weighted by atomic mass is 32.2.